The van der Waals surface area contributed by atoms with E-state index in [1.807, 2.05) is 0 Å². The van der Waals surface area contributed by atoms with E-state index in [1.54, 1.807) is 13.8 Å². The van der Waals surface area contributed by atoms with Crippen LogP contribution < -0.4 is 5.32 Å². The molecule has 0 aliphatic carbocycles. The summed E-state index contributed by atoms with van der Waals surface area (Å²) in [5.41, 5.74) is 0.181. The summed E-state index contributed by atoms with van der Waals surface area (Å²) in [6.07, 6.45) is 0. The van der Waals surface area contributed by atoms with Gasteiger partial charge >= 0.3 is 5.97 Å². The van der Waals surface area contributed by atoms with Crippen molar-refractivity contribution in [2.24, 2.45) is 0 Å². The van der Waals surface area contributed by atoms with E-state index in [0.717, 1.165) is 0 Å². The molecule has 18 heavy (non-hydrogen) atoms. The molecule has 96 valence electrons. The van der Waals surface area contributed by atoms with Crippen molar-refractivity contribution in [2.45, 2.75) is 26.9 Å². The second-order valence-corrected chi connectivity index (χ2v) is 3.83. The van der Waals surface area contributed by atoms with Crippen molar-refractivity contribution in [3.8, 4) is 0 Å². The average molecular weight is 251 g/mol. The van der Waals surface area contributed by atoms with Gasteiger partial charge in [0, 0.05) is 0 Å². The lowest BCUT2D eigenvalue weighted by molar-refractivity contribution is 0.0695. The molecule has 0 aliphatic rings. The van der Waals surface area contributed by atoms with Gasteiger partial charge in [0.25, 0.3) is 0 Å². The molecule has 7 heteroatoms. The SMILES string of the molecule is Cc1noc(CNCc2cc(C(=O)O)c(C)o2)n1. The fraction of sp³-hybridized carbons (Fsp3) is 0.364. The van der Waals surface area contributed by atoms with Crippen molar-refractivity contribution in [3.05, 3.63) is 34.9 Å². The number of carbonyl (C=O) groups is 1. The quantitative estimate of drug-likeness (QED) is 0.824. The Morgan fingerprint density at radius 3 is 2.78 bits per heavy atom. The second kappa shape index (κ2) is 5.01. The zero-order chi connectivity index (χ0) is 13.1. The topological polar surface area (TPSA) is 101 Å². The minimum atomic E-state index is -0.991. The van der Waals surface area contributed by atoms with Gasteiger partial charge in [-0.15, -0.1) is 0 Å². The molecule has 2 aromatic heterocycles. The summed E-state index contributed by atoms with van der Waals surface area (Å²) in [7, 11) is 0. The number of aromatic nitrogens is 2. The van der Waals surface area contributed by atoms with E-state index >= 15 is 0 Å². The van der Waals surface area contributed by atoms with E-state index in [-0.39, 0.29) is 5.56 Å². The summed E-state index contributed by atoms with van der Waals surface area (Å²) < 4.78 is 10.2. The van der Waals surface area contributed by atoms with E-state index in [4.69, 9.17) is 14.0 Å². The summed E-state index contributed by atoms with van der Waals surface area (Å²) in [6.45, 7) is 4.16. The van der Waals surface area contributed by atoms with Gasteiger partial charge in [-0.05, 0) is 19.9 Å². The van der Waals surface area contributed by atoms with Gasteiger partial charge in [-0.3, -0.25) is 0 Å². The maximum Gasteiger partial charge on any atom is 0.339 e. The van der Waals surface area contributed by atoms with Crippen LogP contribution >= 0.6 is 0 Å². The van der Waals surface area contributed by atoms with E-state index in [0.29, 0.717) is 36.3 Å². The highest BCUT2D eigenvalue weighted by Gasteiger charge is 2.13. The van der Waals surface area contributed by atoms with Gasteiger partial charge in [0.2, 0.25) is 5.89 Å². The number of carboxylic acid groups (broad SMARTS) is 1. The molecule has 0 atom stereocenters. The third-order valence-electron chi connectivity index (χ3n) is 2.34. The molecular weight excluding hydrogens is 238 g/mol. The average Bonchev–Trinajstić information content (AvgIpc) is 2.85. The summed E-state index contributed by atoms with van der Waals surface area (Å²) in [5, 5.41) is 15.6. The lowest BCUT2D eigenvalue weighted by Crippen LogP contribution is -2.12. The lowest BCUT2D eigenvalue weighted by Gasteiger charge is -1.97. The maximum atomic E-state index is 10.8. The molecule has 7 nitrogen and oxygen atoms in total. The highest BCUT2D eigenvalue weighted by Crippen LogP contribution is 2.14. The van der Waals surface area contributed by atoms with Crippen LogP contribution in [0.25, 0.3) is 0 Å². The van der Waals surface area contributed by atoms with Crippen LogP contribution in [0.3, 0.4) is 0 Å². The molecule has 2 rings (SSSR count). The minimum absolute atomic E-state index is 0.181. The lowest BCUT2D eigenvalue weighted by atomic mass is 10.2. The van der Waals surface area contributed by atoms with Crippen molar-refractivity contribution in [1.29, 1.82) is 0 Å². The van der Waals surface area contributed by atoms with Gasteiger partial charge < -0.3 is 19.4 Å². The molecule has 2 aromatic rings. The van der Waals surface area contributed by atoms with Crippen LogP contribution in [-0.4, -0.2) is 21.2 Å². The van der Waals surface area contributed by atoms with Gasteiger partial charge in [0.1, 0.15) is 17.1 Å². The van der Waals surface area contributed by atoms with Crippen LogP contribution in [0.4, 0.5) is 0 Å². The molecule has 0 saturated heterocycles. The van der Waals surface area contributed by atoms with Crippen LogP contribution in [0.1, 0.15) is 33.6 Å². The molecule has 0 fully saturated rings. The molecule has 0 radical (unpaired) electrons. The van der Waals surface area contributed by atoms with E-state index in [9.17, 15) is 4.79 Å². The zero-order valence-electron chi connectivity index (χ0n) is 10.1. The summed E-state index contributed by atoms with van der Waals surface area (Å²) in [5.74, 6) is 1.02. The smallest absolute Gasteiger partial charge is 0.339 e. The van der Waals surface area contributed by atoms with Gasteiger partial charge in [-0.1, -0.05) is 5.16 Å². The normalized spacial score (nSPS) is 10.8. The Morgan fingerprint density at radius 1 is 1.44 bits per heavy atom. The zero-order valence-corrected chi connectivity index (χ0v) is 10.1. The van der Waals surface area contributed by atoms with Gasteiger partial charge in [-0.25, -0.2) is 4.79 Å². The Kier molecular flexibility index (Phi) is 3.42. The number of hydrogen-bond acceptors (Lipinski definition) is 6. The van der Waals surface area contributed by atoms with Crippen molar-refractivity contribution in [1.82, 2.24) is 15.5 Å². The largest absolute Gasteiger partial charge is 0.478 e. The second-order valence-electron chi connectivity index (χ2n) is 3.83. The van der Waals surface area contributed by atoms with Gasteiger partial charge in [-0.2, -0.15) is 4.98 Å². The van der Waals surface area contributed by atoms with E-state index < -0.39 is 5.97 Å². The molecule has 2 heterocycles. The van der Waals surface area contributed by atoms with Gasteiger partial charge in [0.15, 0.2) is 5.82 Å². The molecule has 2 N–H and O–H groups in total. The first-order valence-electron chi connectivity index (χ1n) is 5.39. The third-order valence-corrected chi connectivity index (χ3v) is 2.34. The number of furan rings is 1. The fourth-order valence-electron chi connectivity index (χ4n) is 1.55. The fourth-order valence-corrected chi connectivity index (χ4v) is 1.55. The number of nitrogens with one attached hydrogen (secondary N) is 1. The van der Waals surface area contributed by atoms with Crippen LogP contribution in [0.2, 0.25) is 0 Å². The first-order valence-corrected chi connectivity index (χ1v) is 5.39. The molecule has 0 spiro atoms. The van der Waals surface area contributed by atoms with Crippen molar-refractivity contribution in [2.75, 3.05) is 0 Å². The molecule has 0 aliphatic heterocycles. The number of aryl methyl sites for hydroxylation is 2. The van der Waals surface area contributed by atoms with E-state index in [1.165, 1.54) is 6.07 Å². The number of hydrogen-bond donors (Lipinski definition) is 2. The van der Waals surface area contributed by atoms with Crippen molar-refractivity contribution >= 4 is 5.97 Å². The summed E-state index contributed by atoms with van der Waals surface area (Å²) >= 11 is 0. The van der Waals surface area contributed by atoms with Gasteiger partial charge in [0.05, 0.1) is 13.1 Å². The first-order chi connectivity index (χ1) is 8.56. The molecule has 0 bridgehead atoms. The van der Waals surface area contributed by atoms with Crippen LogP contribution in [0.5, 0.6) is 0 Å². The Bertz CT molecular complexity index is 558. The predicted molar refractivity (Wildman–Crippen MR) is 60.0 cm³/mol. The van der Waals surface area contributed by atoms with Crippen LogP contribution in [-0.2, 0) is 13.1 Å². The highest BCUT2D eigenvalue weighted by atomic mass is 16.5. The molecule has 0 saturated carbocycles. The number of carboxylic acids is 1. The van der Waals surface area contributed by atoms with E-state index in [2.05, 4.69) is 15.5 Å². The standard InChI is InChI=1S/C11H13N3O4/c1-6-9(11(15)16)3-8(17-6)4-12-5-10-13-7(2)14-18-10/h3,12H,4-5H2,1-2H3,(H,15,16). The monoisotopic (exact) mass is 251 g/mol. The van der Waals surface area contributed by atoms with Crippen molar-refractivity contribution in [3.63, 3.8) is 0 Å². The van der Waals surface area contributed by atoms with Crippen LogP contribution in [0, 0.1) is 13.8 Å². The number of rotatable bonds is 5. The maximum absolute atomic E-state index is 10.8. The van der Waals surface area contributed by atoms with Crippen LogP contribution in [0.15, 0.2) is 15.0 Å². The molecular formula is C11H13N3O4. The predicted octanol–water partition coefficient (Wildman–Crippen LogP) is 1.27. The molecule has 0 amide bonds. The minimum Gasteiger partial charge on any atom is -0.478 e. The highest BCUT2D eigenvalue weighted by molar-refractivity contribution is 5.88. The Balaban J connectivity index is 1.90. The first kappa shape index (κ1) is 12.3. The summed E-state index contributed by atoms with van der Waals surface area (Å²) in [6, 6.07) is 1.50. The Hall–Kier alpha value is -2.15. The Labute approximate surface area is 103 Å². The Morgan fingerprint density at radius 2 is 2.22 bits per heavy atom. The summed E-state index contributed by atoms with van der Waals surface area (Å²) in [4.78, 5) is 14.8. The van der Waals surface area contributed by atoms with Crippen molar-refractivity contribution < 1.29 is 18.8 Å². The number of aromatic carboxylic acids is 1. The number of nitrogens with zero attached hydrogens (tertiary/aromatic N) is 2. The third kappa shape index (κ3) is 2.75. The molecule has 0 aromatic carbocycles. The molecule has 0 unspecified atom stereocenters.